The maximum Gasteiger partial charge on any atom is 0.308 e. The van der Waals surface area contributed by atoms with Gasteiger partial charge in [0.1, 0.15) is 23.0 Å². The van der Waals surface area contributed by atoms with Crippen molar-refractivity contribution in [2.75, 3.05) is 0 Å². The first-order chi connectivity index (χ1) is 10.8. The molecule has 0 N–H and O–H groups in total. The van der Waals surface area contributed by atoms with Gasteiger partial charge in [-0.05, 0) is 61.4 Å². The zero-order chi connectivity index (χ0) is 17.0. The van der Waals surface area contributed by atoms with Crippen molar-refractivity contribution in [1.82, 2.24) is 0 Å². The molecular formula is C18H18O5. The van der Waals surface area contributed by atoms with E-state index in [0.717, 1.165) is 11.1 Å². The van der Waals surface area contributed by atoms with Gasteiger partial charge in [0.15, 0.2) is 0 Å². The third-order valence-electron chi connectivity index (χ3n) is 3.04. The number of benzene rings is 2. The summed E-state index contributed by atoms with van der Waals surface area (Å²) in [5, 5.41) is 0. The van der Waals surface area contributed by atoms with Crippen LogP contribution in [0.3, 0.4) is 0 Å². The van der Waals surface area contributed by atoms with Crippen molar-refractivity contribution in [1.29, 1.82) is 0 Å². The molecule has 0 fully saturated rings. The van der Waals surface area contributed by atoms with Crippen molar-refractivity contribution in [3.8, 4) is 23.0 Å². The third kappa shape index (κ3) is 4.57. The number of carbonyl (C=O) groups excluding carboxylic acids is 2. The molecule has 0 heterocycles. The Morgan fingerprint density at radius 3 is 1.43 bits per heavy atom. The largest absolute Gasteiger partial charge is 0.457 e. The van der Waals surface area contributed by atoms with Crippen LogP contribution in [0.15, 0.2) is 36.4 Å². The van der Waals surface area contributed by atoms with Gasteiger partial charge in [-0.25, -0.2) is 0 Å². The minimum Gasteiger partial charge on any atom is -0.457 e. The van der Waals surface area contributed by atoms with E-state index < -0.39 is 0 Å². The van der Waals surface area contributed by atoms with E-state index in [9.17, 15) is 9.59 Å². The molecule has 0 aliphatic carbocycles. The number of hydrogen-bond donors (Lipinski definition) is 0. The summed E-state index contributed by atoms with van der Waals surface area (Å²) < 4.78 is 15.9. The first kappa shape index (κ1) is 16.5. The number of hydrogen-bond acceptors (Lipinski definition) is 5. The Hall–Kier alpha value is -2.82. The normalized spacial score (nSPS) is 10.1. The average Bonchev–Trinajstić information content (AvgIpc) is 2.43. The van der Waals surface area contributed by atoms with Crippen LogP contribution in [0.1, 0.15) is 25.0 Å². The second-order valence-corrected chi connectivity index (χ2v) is 5.14. The van der Waals surface area contributed by atoms with Crippen LogP contribution in [0, 0.1) is 13.8 Å². The molecule has 5 nitrogen and oxygen atoms in total. The molecule has 2 aromatic rings. The molecule has 2 rings (SSSR count). The number of aryl methyl sites for hydroxylation is 2. The van der Waals surface area contributed by atoms with Gasteiger partial charge in [0.2, 0.25) is 0 Å². The molecule has 0 saturated heterocycles. The number of carbonyl (C=O) groups is 2. The standard InChI is InChI=1S/C18H18O5/c1-11-9-15(21-13(3)19)5-7-17(11)23-18-8-6-16(10-12(18)2)22-14(4)20/h5-10H,1-4H3. The van der Waals surface area contributed by atoms with Crippen LogP contribution in [0.25, 0.3) is 0 Å². The van der Waals surface area contributed by atoms with Gasteiger partial charge >= 0.3 is 11.9 Å². The Labute approximate surface area is 134 Å². The monoisotopic (exact) mass is 314 g/mol. The topological polar surface area (TPSA) is 61.8 Å². The van der Waals surface area contributed by atoms with Gasteiger partial charge in [-0.1, -0.05) is 0 Å². The Morgan fingerprint density at radius 2 is 1.13 bits per heavy atom. The van der Waals surface area contributed by atoms with Crippen LogP contribution in [-0.2, 0) is 9.59 Å². The molecule has 0 saturated carbocycles. The zero-order valence-electron chi connectivity index (χ0n) is 13.5. The van der Waals surface area contributed by atoms with Gasteiger partial charge in [-0.15, -0.1) is 0 Å². The van der Waals surface area contributed by atoms with Crippen molar-refractivity contribution >= 4 is 11.9 Å². The lowest BCUT2D eigenvalue weighted by Gasteiger charge is -2.13. The highest BCUT2D eigenvalue weighted by Gasteiger charge is 2.08. The van der Waals surface area contributed by atoms with Gasteiger partial charge in [0.25, 0.3) is 0 Å². The average molecular weight is 314 g/mol. The van der Waals surface area contributed by atoms with E-state index in [2.05, 4.69) is 0 Å². The highest BCUT2D eigenvalue weighted by Crippen LogP contribution is 2.31. The van der Waals surface area contributed by atoms with Crippen LogP contribution >= 0.6 is 0 Å². The second-order valence-electron chi connectivity index (χ2n) is 5.14. The Morgan fingerprint density at radius 1 is 0.739 bits per heavy atom. The van der Waals surface area contributed by atoms with E-state index in [1.54, 1.807) is 36.4 Å². The third-order valence-corrected chi connectivity index (χ3v) is 3.04. The van der Waals surface area contributed by atoms with E-state index in [1.807, 2.05) is 13.8 Å². The van der Waals surface area contributed by atoms with E-state index in [1.165, 1.54) is 13.8 Å². The summed E-state index contributed by atoms with van der Waals surface area (Å²) in [4.78, 5) is 21.9. The van der Waals surface area contributed by atoms with E-state index in [0.29, 0.717) is 23.0 Å². The number of rotatable bonds is 4. The molecule has 0 spiro atoms. The molecule has 23 heavy (non-hydrogen) atoms. The Bertz CT molecular complexity index is 686. The summed E-state index contributed by atoms with van der Waals surface area (Å²) in [6, 6.07) is 10.3. The smallest absolute Gasteiger partial charge is 0.308 e. The minimum atomic E-state index is -0.366. The fourth-order valence-electron chi connectivity index (χ4n) is 2.05. The minimum absolute atomic E-state index is 0.366. The lowest BCUT2D eigenvalue weighted by Crippen LogP contribution is -2.02. The molecule has 0 aromatic heterocycles. The van der Waals surface area contributed by atoms with Crippen molar-refractivity contribution < 1.29 is 23.8 Å². The second kappa shape index (κ2) is 6.96. The maximum absolute atomic E-state index is 11.0. The molecule has 0 unspecified atom stereocenters. The molecule has 2 aromatic carbocycles. The molecule has 0 radical (unpaired) electrons. The first-order valence-corrected chi connectivity index (χ1v) is 7.11. The molecular weight excluding hydrogens is 296 g/mol. The highest BCUT2D eigenvalue weighted by molar-refractivity contribution is 5.70. The fraction of sp³-hybridized carbons (Fsp3) is 0.222. The fourth-order valence-corrected chi connectivity index (χ4v) is 2.05. The van der Waals surface area contributed by atoms with Crippen LogP contribution in [0.5, 0.6) is 23.0 Å². The number of esters is 2. The van der Waals surface area contributed by atoms with Crippen molar-refractivity contribution in [3.63, 3.8) is 0 Å². The molecule has 0 aliphatic heterocycles. The Kier molecular flexibility index (Phi) is 5.01. The van der Waals surface area contributed by atoms with Gasteiger partial charge in [-0.3, -0.25) is 9.59 Å². The van der Waals surface area contributed by atoms with Gasteiger partial charge in [0, 0.05) is 13.8 Å². The molecule has 5 heteroatoms. The molecule has 120 valence electrons. The van der Waals surface area contributed by atoms with Crippen LogP contribution in [0.2, 0.25) is 0 Å². The molecule has 0 atom stereocenters. The van der Waals surface area contributed by atoms with Crippen molar-refractivity contribution in [2.24, 2.45) is 0 Å². The SMILES string of the molecule is CC(=O)Oc1ccc(Oc2ccc(OC(C)=O)cc2C)c(C)c1. The zero-order valence-corrected chi connectivity index (χ0v) is 13.5. The van der Waals surface area contributed by atoms with Crippen LogP contribution in [0.4, 0.5) is 0 Å². The van der Waals surface area contributed by atoms with Gasteiger partial charge < -0.3 is 14.2 Å². The van der Waals surface area contributed by atoms with E-state index in [4.69, 9.17) is 14.2 Å². The highest BCUT2D eigenvalue weighted by atomic mass is 16.5. The lowest BCUT2D eigenvalue weighted by atomic mass is 10.2. The molecule has 0 aliphatic rings. The summed E-state index contributed by atoms with van der Waals surface area (Å²) >= 11 is 0. The van der Waals surface area contributed by atoms with E-state index >= 15 is 0 Å². The Balaban J connectivity index is 2.18. The summed E-state index contributed by atoms with van der Waals surface area (Å²) in [6.45, 7) is 6.44. The predicted octanol–water partition coefficient (Wildman–Crippen LogP) is 3.95. The van der Waals surface area contributed by atoms with Crippen molar-refractivity contribution in [3.05, 3.63) is 47.5 Å². The van der Waals surface area contributed by atoms with Crippen LogP contribution < -0.4 is 14.2 Å². The molecule has 0 bridgehead atoms. The van der Waals surface area contributed by atoms with Crippen molar-refractivity contribution in [2.45, 2.75) is 27.7 Å². The summed E-state index contributed by atoms with van der Waals surface area (Å²) in [6.07, 6.45) is 0. The van der Waals surface area contributed by atoms with E-state index in [-0.39, 0.29) is 11.9 Å². The quantitative estimate of drug-likeness (QED) is 0.631. The molecule has 0 amide bonds. The first-order valence-electron chi connectivity index (χ1n) is 7.11. The van der Waals surface area contributed by atoms with Gasteiger partial charge in [-0.2, -0.15) is 0 Å². The summed E-state index contributed by atoms with van der Waals surface area (Å²) in [5.74, 6) is 1.53. The predicted molar refractivity (Wildman–Crippen MR) is 85.1 cm³/mol. The summed E-state index contributed by atoms with van der Waals surface area (Å²) in [7, 11) is 0. The van der Waals surface area contributed by atoms with Gasteiger partial charge in [0.05, 0.1) is 0 Å². The summed E-state index contributed by atoms with van der Waals surface area (Å²) in [5.41, 5.74) is 1.68. The van der Waals surface area contributed by atoms with Crippen LogP contribution in [-0.4, -0.2) is 11.9 Å². The lowest BCUT2D eigenvalue weighted by molar-refractivity contribution is -0.132. The maximum atomic E-state index is 11.0. The number of ether oxygens (including phenoxy) is 3.